The number of carbonyl (C=O) groups excluding carboxylic acids is 1. The molecule has 2 aromatic carbocycles. The first-order valence-electron chi connectivity index (χ1n) is 10.1. The normalized spacial score (nSPS) is 14.4. The molecule has 1 aliphatic rings. The van der Waals surface area contributed by atoms with Crippen LogP contribution in [0.1, 0.15) is 5.56 Å². The van der Waals surface area contributed by atoms with Gasteiger partial charge in [0.05, 0.1) is 24.2 Å². The van der Waals surface area contributed by atoms with Crippen LogP contribution in [-0.4, -0.2) is 59.5 Å². The predicted octanol–water partition coefficient (Wildman–Crippen LogP) is 3.85. The minimum Gasteiger partial charge on any atom is -0.378 e. The van der Waals surface area contributed by atoms with E-state index in [1.165, 1.54) is 0 Å². The highest BCUT2D eigenvalue weighted by molar-refractivity contribution is 7.99. The molecule has 0 bridgehead atoms. The first-order chi connectivity index (χ1) is 15.0. The lowest BCUT2D eigenvalue weighted by Crippen LogP contribution is -2.37. The fourth-order valence-electron chi connectivity index (χ4n) is 3.73. The smallest absolute Gasteiger partial charge is 0.291 e. The van der Waals surface area contributed by atoms with Gasteiger partial charge in [0.25, 0.3) is 5.76 Å². The van der Waals surface area contributed by atoms with E-state index in [4.69, 9.17) is 4.74 Å². The summed E-state index contributed by atoms with van der Waals surface area (Å²) in [5.41, 5.74) is 3.39. The fourth-order valence-corrected chi connectivity index (χ4v) is 4.33. The number of morpholine rings is 1. The van der Waals surface area contributed by atoms with Crippen LogP contribution in [0.5, 0.6) is 0 Å². The number of para-hydroxylation sites is 3. The number of rotatable bonds is 7. The fraction of sp³-hybridized carbons (Fsp3) is 0.364. The Labute approximate surface area is 183 Å². The number of halogens is 2. The molecule has 0 N–H and O–H groups in total. The molecular weight excluding hydrogens is 422 g/mol. The number of benzene rings is 2. The second-order valence-electron chi connectivity index (χ2n) is 7.33. The van der Waals surface area contributed by atoms with Crippen molar-refractivity contribution in [2.75, 3.05) is 38.3 Å². The molecule has 6 nitrogen and oxygen atoms in total. The Morgan fingerprint density at radius 2 is 1.87 bits per heavy atom. The van der Waals surface area contributed by atoms with Crippen molar-refractivity contribution in [3.63, 3.8) is 0 Å². The summed E-state index contributed by atoms with van der Waals surface area (Å²) in [5.74, 6) is -2.78. The van der Waals surface area contributed by atoms with Crippen molar-refractivity contribution in [2.24, 2.45) is 0 Å². The molecule has 0 atom stereocenters. The largest absolute Gasteiger partial charge is 0.378 e. The van der Waals surface area contributed by atoms with E-state index < -0.39 is 5.76 Å². The summed E-state index contributed by atoms with van der Waals surface area (Å²) in [7, 11) is 1.73. The number of likely N-dealkylation sites (N-methyl/N-ethyl adjacent to an activating group) is 1. The lowest BCUT2D eigenvalue weighted by molar-refractivity contribution is -0.131. The van der Waals surface area contributed by atoms with Crippen LogP contribution in [-0.2, 0) is 22.6 Å². The molecule has 31 heavy (non-hydrogen) atoms. The zero-order valence-corrected chi connectivity index (χ0v) is 18.0. The number of aromatic nitrogens is 2. The van der Waals surface area contributed by atoms with Gasteiger partial charge in [0.15, 0.2) is 5.16 Å². The van der Waals surface area contributed by atoms with Gasteiger partial charge in [-0.1, -0.05) is 30.3 Å². The molecule has 0 unspecified atom stereocenters. The van der Waals surface area contributed by atoms with Gasteiger partial charge < -0.3 is 19.1 Å². The number of fused-ring (bicyclic) bond motifs is 1. The van der Waals surface area contributed by atoms with E-state index >= 15 is 0 Å². The quantitative estimate of drug-likeness (QED) is 0.516. The van der Waals surface area contributed by atoms with Crippen LogP contribution in [0.2, 0.25) is 0 Å². The molecule has 1 saturated heterocycles. The van der Waals surface area contributed by atoms with Gasteiger partial charge in [-0.3, -0.25) is 4.79 Å². The molecule has 0 radical (unpaired) electrons. The Bertz CT molecular complexity index is 1050. The van der Waals surface area contributed by atoms with Crippen LogP contribution in [0.15, 0.2) is 53.7 Å². The van der Waals surface area contributed by atoms with Crippen molar-refractivity contribution in [1.82, 2.24) is 14.5 Å². The molecule has 1 aliphatic heterocycles. The summed E-state index contributed by atoms with van der Waals surface area (Å²) in [6.45, 7) is 3.36. The molecule has 9 heteroatoms. The second-order valence-corrected chi connectivity index (χ2v) is 8.28. The van der Waals surface area contributed by atoms with Gasteiger partial charge in [-0.05, 0) is 35.5 Å². The average molecular weight is 447 g/mol. The topological polar surface area (TPSA) is 50.6 Å². The van der Waals surface area contributed by atoms with E-state index in [9.17, 15) is 13.6 Å². The molecular formula is C22H24F2N4O2S. The average Bonchev–Trinajstić information content (AvgIpc) is 3.11. The number of amides is 1. The maximum atomic E-state index is 13.0. The lowest BCUT2D eigenvalue weighted by Gasteiger charge is -2.31. The molecule has 164 valence electrons. The Morgan fingerprint density at radius 3 is 2.65 bits per heavy atom. The summed E-state index contributed by atoms with van der Waals surface area (Å²) >= 11 is 0.359. The SMILES string of the molecule is CN(Cc1ccccc1N1CCOCC1)C(=O)Cn1c(SC(F)F)nc2ccccc21. The molecule has 2 heterocycles. The predicted molar refractivity (Wildman–Crippen MR) is 118 cm³/mol. The van der Waals surface area contributed by atoms with E-state index in [2.05, 4.69) is 16.0 Å². The Morgan fingerprint density at radius 1 is 1.16 bits per heavy atom. The van der Waals surface area contributed by atoms with Crippen LogP contribution in [0.4, 0.5) is 14.5 Å². The van der Waals surface area contributed by atoms with E-state index in [1.807, 2.05) is 24.3 Å². The Balaban J connectivity index is 1.53. The van der Waals surface area contributed by atoms with Crippen LogP contribution >= 0.6 is 11.8 Å². The maximum Gasteiger partial charge on any atom is 0.291 e. The minimum atomic E-state index is -2.61. The van der Waals surface area contributed by atoms with Crippen molar-refractivity contribution >= 4 is 34.4 Å². The molecule has 1 aromatic heterocycles. The maximum absolute atomic E-state index is 13.0. The van der Waals surface area contributed by atoms with Crippen LogP contribution in [0.3, 0.4) is 0 Å². The molecule has 0 saturated carbocycles. The number of imidazole rings is 1. The third-order valence-corrected chi connectivity index (χ3v) is 5.98. The third-order valence-electron chi connectivity index (χ3n) is 5.28. The van der Waals surface area contributed by atoms with Crippen LogP contribution in [0.25, 0.3) is 11.0 Å². The molecule has 0 spiro atoms. The van der Waals surface area contributed by atoms with Gasteiger partial charge >= 0.3 is 0 Å². The minimum absolute atomic E-state index is 0.0498. The monoisotopic (exact) mass is 446 g/mol. The van der Waals surface area contributed by atoms with Gasteiger partial charge in [-0.2, -0.15) is 8.78 Å². The van der Waals surface area contributed by atoms with E-state index in [0.29, 0.717) is 42.6 Å². The van der Waals surface area contributed by atoms with Gasteiger partial charge in [-0.15, -0.1) is 0 Å². The van der Waals surface area contributed by atoms with Crippen molar-refractivity contribution in [3.05, 3.63) is 54.1 Å². The van der Waals surface area contributed by atoms with Crippen molar-refractivity contribution in [3.8, 4) is 0 Å². The Hall–Kier alpha value is -2.65. The standard InChI is InChI=1S/C22H24F2N4O2S/c1-26(14-16-6-2-4-8-18(16)27-10-12-30-13-11-27)20(29)15-28-19-9-5-3-7-17(19)25-22(28)31-21(23)24/h2-9,21H,10-15H2,1H3. The summed E-state index contributed by atoms with van der Waals surface area (Å²) in [4.78, 5) is 21.2. The van der Waals surface area contributed by atoms with Gasteiger partial charge in [0.1, 0.15) is 6.54 Å². The lowest BCUT2D eigenvalue weighted by atomic mass is 10.1. The number of carbonyl (C=O) groups is 1. The summed E-state index contributed by atoms with van der Waals surface area (Å²) < 4.78 is 33.1. The number of ether oxygens (including phenoxy) is 1. The summed E-state index contributed by atoms with van der Waals surface area (Å²) in [6.07, 6.45) is 0. The highest BCUT2D eigenvalue weighted by Gasteiger charge is 2.21. The third kappa shape index (κ3) is 4.99. The number of nitrogens with zero attached hydrogens (tertiary/aromatic N) is 4. The Kier molecular flexibility index (Phi) is 6.72. The summed E-state index contributed by atoms with van der Waals surface area (Å²) in [5, 5.41) is 0.145. The molecule has 0 aliphatic carbocycles. The molecule has 1 fully saturated rings. The van der Waals surface area contributed by atoms with Crippen LogP contribution in [0, 0.1) is 0 Å². The number of alkyl halides is 2. The molecule has 3 aromatic rings. The van der Waals surface area contributed by atoms with Crippen molar-refractivity contribution < 1.29 is 18.3 Å². The number of anilines is 1. The van der Waals surface area contributed by atoms with Gasteiger partial charge in [0.2, 0.25) is 5.91 Å². The highest BCUT2D eigenvalue weighted by atomic mass is 32.2. The molecule has 1 amide bonds. The zero-order valence-electron chi connectivity index (χ0n) is 17.2. The zero-order chi connectivity index (χ0) is 21.8. The van der Waals surface area contributed by atoms with Gasteiger partial charge in [0, 0.05) is 32.4 Å². The van der Waals surface area contributed by atoms with Crippen molar-refractivity contribution in [1.29, 1.82) is 0 Å². The van der Waals surface area contributed by atoms with E-state index in [-0.39, 0.29) is 17.6 Å². The number of thioether (sulfide) groups is 1. The summed E-state index contributed by atoms with van der Waals surface area (Å²) in [6, 6.07) is 15.2. The first kappa shape index (κ1) is 21.6. The van der Waals surface area contributed by atoms with Gasteiger partial charge in [-0.25, -0.2) is 4.98 Å². The number of hydrogen-bond acceptors (Lipinski definition) is 5. The number of hydrogen-bond donors (Lipinski definition) is 0. The second kappa shape index (κ2) is 9.65. The molecule has 4 rings (SSSR count). The van der Waals surface area contributed by atoms with E-state index in [1.54, 1.807) is 34.7 Å². The van der Waals surface area contributed by atoms with E-state index in [0.717, 1.165) is 24.3 Å². The first-order valence-corrected chi connectivity index (χ1v) is 11.0. The van der Waals surface area contributed by atoms with Crippen molar-refractivity contribution in [2.45, 2.75) is 24.0 Å². The highest BCUT2D eigenvalue weighted by Crippen LogP contribution is 2.29. The van der Waals surface area contributed by atoms with Crippen LogP contribution < -0.4 is 4.90 Å².